The lowest BCUT2D eigenvalue weighted by Crippen LogP contribution is -2.02. The molecule has 2 aromatic heterocycles. The van der Waals surface area contributed by atoms with Crippen LogP contribution in [0.15, 0.2) is 36.9 Å². The zero-order chi connectivity index (χ0) is 14.1. The van der Waals surface area contributed by atoms with Crippen LogP contribution >= 0.6 is 0 Å². The Morgan fingerprint density at radius 3 is 2.55 bits per heavy atom. The van der Waals surface area contributed by atoms with Gasteiger partial charge in [-0.1, -0.05) is 36.9 Å². The number of anilines is 2. The first kappa shape index (κ1) is 12.2. The molecule has 0 aliphatic carbocycles. The fourth-order valence-corrected chi connectivity index (χ4v) is 2.15. The molecule has 6 heteroatoms. The van der Waals surface area contributed by atoms with Crippen molar-refractivity contribution in [3.05, 3.63) is 48.3 Å². The van der Waals surface area contributed by atoms with Crippen molar-refractivity contribution in [3.63, 3.8) is 0 Å². The predicted octanol–water partition coefficient (Wildman–Crippen LogP) is 1.68. The van der Waals surface area contributed by atoms with Crippen molar-refractivity contribution >= 4 is 29.1 Å². The van der Waals surface area contributed by atoms with E-state index < -0.39 is 0 Å². The number of imidazole rings is 1. The van der Waals surface area contributed by atoms with Crippen molar-refractivity contribution < 1.29 is 0 Å². The fourth-order valence-electron chi connectivity index (χ4n) is 2.15. The third kappa shape index (κ3) is 1.97. The lowest BCUT2D eigenvalue weighted by atomic mass is 10.1. The first-order chi connectivity index (χ1) is 9.69. The highest BCUT2D eigenvalue weighted by Gasteiger charge is 2.14. The minimum atomic E-state index is 0.129. The first-order valence-electron chi connectivity index (χ1n) is 6.15. The largest absolute Gasteiger partial charge is 0.382 e. The minimum absolute atomic E-state index is 0.129. The van der Waals surface area contributed by atoms with Gasteiger partial charge in [-0.3, -0.25) is 4.57 Å². The summed E-state index contributed by atoms with van der Waals surface area (Å²) in [6, 6.07) is 10.0. The standard InChI is InChI=1S/C14H14N6/c1-2-20-10(8-9-6-4-3-5-7-9)17-11-12(15)18-14(16)19-13(11)20/h2-7H,1,8H2,(H4,15,16,18,19). The maximum absolute atomic E-state index is 5.85. The van der Waals surface area contributed by atoms with Gasteiger partial charge in [0.2, 0.25) is 5.95 Å². The van der Waals surface area contributed by atoms with Crippen LogP contribution in [-0.2, 0) is 6.42 Å². The van der Waals surface area contributed by atoms with Gasteiger partial charge < -0.3 is 11.5 Å². The van der Waals surface area contributed by atoms with Crippen molar-refractivity contribution in [1.82, 2.24) is 19.5 Å². The number of benzene rings is 1. The number of hydrogen-bond donors (Lipinski definition) is 2. The molecule has 2 heterocycles. The van der Waals surface area contributed by atoms with E-state index in [-0.39, 0.29) is 11.8 Å². The van der Waals surface area contributed by atoms with E-state index in [9.17, 15) is 0 Å². The lowest BCUT2D eigenvalue weighted by Gasteiger charge is -2.03. The molecule has 3 rings (SSSR count). The molecule has 0 saturated heterocycles. The van der Waals surface area contributed by atoms with Crippen molar-refractivity contribution in [3.8, 4) is 0 Å². The van der Waals surface area contributed by atoms with Crippen LogP contribution in [0.3, 0.4) is 0 Å². The number of nitrogens with zero attached hydrogens (tertiary/aromatic N) is 4. The van der Waals surface area contributed by atoms with Crippen LogP contribution in [0.25, 0.3) is 17.4 Å². The van der Waals surface area contributed by atoms with E-state index >= 15 is 0 Å². The monoisotopic (exact) mass is 266 g/mol. The van der Waals surface area contributed by atoms with Crippen LogP contribution in [0, 0.1) is 0 Å². The summed E-state index contributed by atoms with van der Waals surface area (Å²) >= 11 is 0. The molecular weight excluding hydrogens is 252 g/mol. The topological polar surface area (TPSA) is 95.6 Å². The van der Waals surface area contributed by atoms with Crippen LogP contribution in [0.1, 0.15) is 11.4 Å². The molecule has 0 atom stereocenters. The molecule has 0 saturated carbocycles. The Balaban J connectivity index is 2.16. The van der Waals surface area contributed by atoms with Crippen LogP contribution in [0.4, 0.5) is 11.8 Å². The Morgan fingerprint density at radius 1 is 1.10 bits per heavy atom. The lowest BCUT2D eigenvalue weighted by molar-refractivity contribution is 0.961. The zero-order valence-electron chi connectivity index (χ0n) is 10.8. The molecule has 3 aromatic rings. The second kappa shape index (κ2) is 4.65. The molecule has 0 aliphatic heterocycles. The van der Waals surface area contributed by atoms with Gasteiger partial charge in [0.15, 0.2) is 17.0 Å². The number of nitrogen functional groups attached to an aromatic ring is 2. The Kier molecular flexibility index (Phi) is 2.83. The van der Waals surface area contributed by atoms with Crippen LogP contribution < -0.4 is 11.5 Å². The van der Waals surface area contributed by atoms with Gasteiger partial charge >= 0.3 is 0 Å². The van der Waals surface area contributed by atoms with Gasteiger partial charge in [0.25, 0.3) is 0 Å². The van der Waals surface area contributed by atoms with Gasteiger partial charge in [-0.15, -0.1) is 0 Å². The molecule has 0 aliphatic rings. The Labute approximate surface area is 115 Å². The molecule has 1 aromatic carbocycles. The summed E-state index contributed by atoms with van der Waals surface area (Å²) in [4.78, 5) is 12.6. The molecule has 4 N–H and O–H groups in total. The molecule has 0 radical (unpaired) electrons. The van der Waals surface area contributed by atoms with E-state index in [1.165, 1.54) is 0 Å². The van der Waals surface area contributed by atoms with E-state index in [1.54, 1.807) is 10.8 Å². The molecule has 0 fully saturated rings. The first-order valence-corrected chi connectivity index (χ1v) is 6.15. The molecule has 0 amide bonds. The summed E-state index contributed by atoms with van der Waals surface area (Å²) in [6.07, 6.45) is 2.31. The van der Waals surface area contributed by atoms with Gasteiger partial charge in [0, 0.05) is 12.6 Å². The number of hydrogen-bond acceptors (Lipinski definition) is 5. The number of aromatic nitrogens is 4. The van der Waals surface area contributed by atoms with Crippen LogP contribution in [-0.4, -0.2) is 19.5 Å². The summed E-state index contributed by atoms with van der Waals surface area (Å²) in [5.41, 5.74) is 13.7. The maximum Gasteiger partial charge on any atom is 0.224 e. The molecule has 0 unspecified atom stereocenters. The Hall–Kier alpha value is -2.89. The third-order valence-electron chi connectivity index (χ3n) is 3.04. The number of rotatable bonds is 3. The highest BCUT2D eigenvalue weighted by Crippen LogP contribution is 2.21. The van der Waals surface area contributed by atoms with Gasteiger partial charge in [-0.05, 0) is 5.56 Å². The summed E-state index contributed by atoms with van der Waals surface area (Å²) in [6.45, 7) is 3.80. The highest BCUT2D eigenvalue weighted by molar-refractivity contribution is 5.84. The molecule has 6 nitrogen and oxygen atoms in total. The second-order valence-electron chi connectivity index (χ2n) is 4.38. The van der Waals surface area contributed by atoms with E-state index in [4.69, 9.17) is 11.5 Å². The van der Waals surface area contributed by atoms with Gasteiger partial charge in [-0.2, -0.15) is 9.97 Å². The summed E-state index contributed by atoms with van der Waals surface area (Å²) in [5.74, 6) is 1.21. The molecular formula is C14H14N6. The second-order valence-corrected chi connectivity index (χ2v) is 4.38. The van der Waals surface area contributed by atoms with Gasteiger partial charge in [-0.25, -0.2) is 4.98 Å². The quantitative estimate of drug-likeness (QED) is 0.752. The summed E-state index contributed by atoms with van der Waals surface area (Å²) in [5, 5.41) is 0. The van der Waals surface area contributed by atoms with E-state index in [0.717, 1.165) is 11.4 Å². The molecule has 20 heavy (non-hydrogen) atoms. The summed E-state index contributed by atoms with van der Waals surface area (Å²) < 4.78 is 1.79. The van der Waals surface area contributed by atoms with Crippen molar-refractivity contribution in [2.24, 2.45) is 0 Å². The zero-order valence-corrected chi connectivity index (χ0v) is 10.8. The Bertz CT molecular complexity index is 775. The Morgan fingerprint density at radius 2 is 1.85 bits per heavy atom. The van der Waals surface area contributed by atoms with Crippen LogP contribution in [0.2, 0.25) is 0 Å². The average Bonchev–Trinajstić information content (AvgIpc) is 2.77. The predicted molar refractivity (Wildman–Crippen MR) is 79.8 cm³/mol. The van der Waals surface area contributed by atoms with Gasteiger partial charge in [0.1, 0.15) is 5.82 Å². The molecule has 0 spiro atoms. The number of nitrogens with two attached hydrogens (primary N) is 2. The summed E-state index contributed by atoms with van der Waals surface area (Å²) in [7, 11) is 0. The number of fused-ring (bicyclic) bond motifs is 1. The van der Waals surface area contributed by atoms with E-state index in [2.05, 4.69) is 21.5 Å². The molecule has 0 bridgehead atoms. The van der Waals surface area contributed by atoms with Crippen molar-refractivity contribution in [1.29, 1.82) is 0 Å². The minimum Gasteiger partial charge on any atom is -0.382 e. The third-order valence-corrected chi connectivity index (χ3v) is 3.04. The normalized spacial score (nSPS) is 10.8. The highest BCUT2D eigenvalue weighted by atomic mass is 15.2. The fraction of sp³-hybridized carbons (Fsp3) is 0.0714. The van der Waals surface area contributed by atoms with E-state index in [0.29, 0.717) is 17.6 Å². The van der Waals surface area contributed by atoms with Crippen LogP contribution in [0.5, 0.6) is 0 Å². The van der Waals surface area contributed by atoms with Crippen molar-refractivity contribution in [2.45, 2.75) is 6.42 Å². The van der Waals surface area contributed by atoms with E-state index in [1.807, 2.05) is 30.3 Å². The average molecular weight is 266 g/mol. The van der Waals surface area contributed by atoms with Crippen molar-refractivity contribution in [2.75, 3.05) is 11.5 Å². The van der Waals surface area contributed by atoms with Gasteiger partial charge in [0.05, 0.1) is 0 Å². The maximum atomic E-state index is 5.85. The molecule has 100 valence electrons. The smallest absolute Gasteiger partial charge is 0.224 e. The SMILES string of the molecule is C=Cn1c(Cc2ccccc2)nc2c(N)nc(N)nc21.